The summed E-state index contributed by atoms with van der Waals surface area (Å²) in [5.41, 5.74) is 1.11. The molecule has 0 amide bonds. The number of hydrogen-bond donors (Lipinski definition) is 0. The first kappa shape index (κ1) is 11.5. The fraction of sp³-hybridized carbons (Fsp3) is 0.286. The van der Waals surface area contributed by atoms with Gasteiger partial charge in [0, 0.05) is 12.0 Å². The topological polar surface area (TPSA) is 35.0 Å². The number of hydrogen-bond acceptors (Lipinski definition) is 3. The van der Waals surface area contributed by atoms with Crippen LogP contribution < -0.4 is 4.74 Å². The standard InChI is InChI=1S/C14H13ClN2O/c15-12-8-13(17-14(16-12)11-6-7-11)18-9-10-4-2-1-3-5-10/h1-5,8,11H,6-7,9H2. The van der Waals surface area contributed by atoms with Gasteiger partial charge in [-0.3, -0.25) is 0 Å². The molecule has 0 N–H and O–H groups in total. The highest BCUT2D eigenvalue weighted by molar-refractivity contribution is 6.29. The van der Waals surface area contributed by atoms with E-state index in [1.165, 1.54) is 0 Å². The molecule has 0 bridgehead atoms. The molecule has 1 heterocycles. The summed E-state index contributed by atoms with van der Waals surface area (Å²) < 4.78 is 5.66. The van der Waals surface area contributed by atoms with Crippen LogP contribution in [0.1, 0.15) is 30.1 Å². The maximum absolute atomic E-state index is 5.97. The molecule has 3 rings (SSSR count). The Kier molecular flexibility index (Phi) is 3.15. The Hall–Kier alpha value is -1.61. The van der Waals surface area contributed by atoms with Gasteiger partial charge in [0.1, 0.15) is 17.6 Å². The summed E-state index contributed by atoms with van der Waals surface area (Å²) in [5, 5.41) is 0.454. The largest absolute Gasteiger partial charge is 0.473 e. The van der Waals surface area contributed by atoms with E-state index in [9.17, 15) is 0 Å². The lowest BCUT2D eigenvalue weighted by Crippen LogP contribution is -2.00. The van der Waals surface area contributed by atoms with Crippen LogP contribution in [0.2, 0.25) is 5.15 Å². The fourth-order valence-electron chi connectivity index (χ4n) is 1.74. The molecule has 1 fully saturated rings. The van der Waals surface area contributed by atoms with Gasteiger partial charge in [0.05, 0.1) is 0 Å². The summed E-state index contributed by atoms with van der Waals surface area (Å²) in [6.45, 7) is 0.498. The number of rotatable bonds is 4. The summed E-state index contributed by atoms with van der Waals surface area (Å²) in [6, 6.07) is 11.7. The second-order valence-electron chi connectivity index (χ2n) is 4.44. The maximum Gasteiger partial charge on any atom is 0.218 e. The monoisotopic (exact) mass is 260 g/mol. The van der Waals surface area contributed by atoms with Gasteiger partial charge in [0.2, 0.25) is 5.88 Å². The second kappa shape index (κ2) is 4.94. The molecule has 1 saturated carbocycles. The second-order valence-corrected chi connectivity index (χ2v) is 4.82. The zero-order chi connectivity index (χ0) is 12.4. The molecule has 1 aromatic carbocycles. The first-order valence-corrected chi connectivity index (χ1v) is 6.40. The predicted octanol–water partition coefficient (Wildman–Crippen LogP) is 3.59. The minimum absolute atomic E-state index is 0.454. The summed E-state index contributed by atoms with van der Waals surface area (Å²) in [4.78, 5) is 8.62. The molecule has 1 aliphatic carbocycles. The summed E-state index contributed by atoms with van der Waals surface area (Å²) in [7, 11) is 0. The molecule has 2 aromatic rings. The number of aromatic nitrogens is 2. The van der Waals surface area contributed by atoms with Gasteiger partial charge in [0.15, 0.2) is 0 Å². The molecule has 0 saturated heterocycles. The average molecular weight is 261 g/mol. The minimum Gasteiger partial charge on any atom is -0.473 e. The highest BCUT2D eigenvalue weighted by Gasteiger charge is 2.27. The van der Waals surface area contributed by atoms with E-state index in [1.54, 1.807) is 6.07 Å². The third-order valence-electron chi connectivity index (χ3n) is 2.86. The van der Waals surface area contributed by atoms with E-state index in [2.05, 4.69) is 9.97 Å². The van der Waals surface area contributed by atoms with Crippen LogP contribution in [0.15, 0.2) is 36.4 Å². The van der Waals surface area contributed by atoms with Crippen molar-refractivity contribution < 1.29 is 4.74 Å². The number of halogens is 1. The van der Waals surface area contributed by atoms with Gasteiger partial charge in [-0.25, -0.2) is 4.98 Å². The van der Waals surface area contributed by atoms with Crippen molar-refractivity contribution >= 4 is 11.6 Å². The third kappa shape index (κ3) is 2.79. The van der Waals surface area contributed by atoms with Gasteiger partial charge in [-0.15, -0.1) is 0 Å². The van der Waals surface area contributed by atoms with E-state index in [4.69, 9.17) is 16.3 Å². The van der Waals surface area contributed by atoms with Gasteiger partial charge < -0.3 is 4.74 Å². The Labute approximate surface area is 111 Å². The van der Waals surface area contributed by atoms with Crippen LogP contribution in [0.5, 0.6) is 5.88 Å². The molecule has 0 unspecified atom stereocenters. The SMILES string of the molecule is Clc1cc(OCc2ccccc2)nc(C2CC2)n1. The smallest absolute Gasteiger partial charge is 0.218 e. The van der Waals surface area contributed by atoms with Gasteiger partial charge >= 0.3 is 0 Å². The van der Waals surface area contributed by atoms with Crippen molar-refractivity contribution in [3.8, 4) is 5.88 Å². The predicted molar refractivity (Wildman–Crippen MR) is 69.8 cm³/mol. The van der Waals surface area contributed by atoms with Crippen LogP contribution in [0.25, 0.3) is 0 Å². The van der Waals surface area contributed by atoms with E-state index >= 15 is 0 Å². The Morgan fingerprint density at radius 1 is 1.17 bits per heavy atom. The summed E-state index contributed by atoms with van der Waals surface area (Å²) in [6.07, 6.45) is 2.30. The normalized spacial score (nSPS) is 14.5. The molecule has 1 aliphatic rings. The van der Waals surface area contributed by atoms with Crippen LogP contribution in [-0.4, -0.2) is 9.97 Å². The lowest BCUT2D eigenvalue weighted by atomic mass is 10.2. The summed E-state index contributed by atoms with van der Waals surface area (Å²) in [5.74, 6) is 1.84. The van der Waals surface area contributed by atoms with Crippen LogP contribution in [-0.2, 0) is 6.61 Å². The third-order valence-corrected chi connectivity index (χ3v) is 3.05. The van der Waals surface area contributed by atoms with Crippen molar-refractivity contribution in [1.29, 1.82) is 0 Å². The van der Waals surface area contributed by atoms with Gasteiger partial charge in [0.25, 0.3) is 0 Å². The Balaban J connectivity index is 1.72. The van der Waals surface area contributed by atoms with Crippen molar-refractivity contribution in [2.45, 2.75) is 25.4 Å². The molecule has 0 atom stereocenters. The van der Waals surface area contributed by atoms with Gasteiger partial charge in [-0.05, 0) is 18.4 Å². The molecular weight excluding hydrogens is 248 g/mol. The number of benzene rings is 1. The molecule has 0 radical (unpaired) electrons. The van der Waals surface area contributed by atoms with Crippen molar-refractivity contribution in [2.75, 3.05) is 0 Å². The number of ether oxygens (including phenoxy) is 1. The molecule has 3 nitrogen and oxygen atoms in total. The zero-order valence-electron chi connectivity index (χ0n) is 9.84. The maximum atomic E-state index is 5.97. The van der Waals surface area contributed by atoms with E-state index in [-0.39, 0.29) is 0 Å². The van der Waals surface area contributed by atoms with Gasteiger partial charge in [-0.1, -0.05) is 41.9 Å². The first-order chi connectivity index (χ1) is 8.81. The van der Waals surface area contributed by atoms with Crippen LogP contribution >= 0.6 is 11.6 Å². The summed E-state index contributed by atoms with van der Waals surface area (Å²) >= 11 is 5.97. The molecule has 0 aliphatic heterocycles. The molecule has 18 heavy (non-hydrogen) atoms. The Bertz CT molecular complexity index is 541. The first-order valence-electron chi connectivity index (χ1n) is 6.02. The zero-order valence-corrected chi connectivity index (χ0v) is 10.6. The van der Waals surface area contributed by atoms with Crippen molar-refractivity contribution in [3.05, 3.63) is 52.9 Å². The average Bonchev–Trinajstić information content (AvgIpc) is 3.21. The molecular formula is C14H13ClN2O. The van der Waals surface area contributed by atoms with Crippen molar-refractivity contribution in [2.24, 2.45) is 0 Å². The van der Waals surface area contributed by atoms with Gasteiger partial charge in [-0.2, -0.15) is 4.98 Å². The number of nitrogens with zero attached hydrogens (tertiary/aromatic N) is 2. The Morgan fingerprint density at radius 2 is 1.94 bits per heavy atom. The lowest BCUT2D eigenvalue weighted by Gasteiger charge is -2.07. The van der Waals surface area contributed by atoms with Crippen LogP contribution in [0, 0.1) is 0 Å². The lowest BCUT2D eigenvalue weighted by molar-refractivity contribution is 0.292. The van der Waals surface area contributed by atoms with Crippen LogP contribution in [0.4, 0.5) is 0 Å². The highest BCUT2D eigenvalue weighted by Crippen LogP contribution is 2.39. The van der Waals surface area contributed by atoms with Crippen molar-refractivity contribution in [3.63, 3.8) is 0 Å². The van der Waals surface area contributed by atoms with Crippen molar-refractivity contribution in [1.82, 2.24) is 9.97 Å². The van der Waals surface area contributed by atoms with E-state index in [0.717, 1.165) is 24.2 Å². The van der Waals surface area contributed by atoms with E-state index < -0.39 is 0 Å². The molecule has 0 spiro atoms. The minimum atomic E-state index is 0.454. The van der Waals surface area contributed by atoms with E-state index in [0.29, 0.717) is 23.6 Å². The molecule has 1 aromatic heterocycles. The molecule has 92 valence electrons. The quantitative estimate of drug-likeness (QED) is 0.788. The fourth-order valence-corrected chi connectivity index (χ4v) is 1.92. The highest BCUT2D eigenvalue weighted by atomic mass is 35.5. The van der Waals surface area contributed by atoms with Crippen LogP contribution in [0.3, 0.4) is 0 Å². The molecule has 4 heteroatoms. The van der Waals surface area contributed by atoms with E-state index in [1.807, 2.05) is 30.3 Å². The Morgan fingerprint density at radius 3 is 2.67 bits per heavy atom.